The number of pyridine rings is 1. The van der Waals surface area contributed by atoms with Crippen molar-refractivity contribution in [2.24, 2.45) is 0 Å². The fraction of sp³-hybridized carbons (Fsp3) is 0. The molecule has 1 heterocycles. The molecule has 2 aromatic carbocycles. The van der Waals surface area contributed by atoms with Crippen LogP contribution in [0.3, 0.4) is 0 Å². The summed E-state index contributed by atoms with van der Waals surface area (Å²) in [4.78, 5) is 4.34. The van der Waals surface area contributed by atoms with Crippen LogP contribution in [0.1, 0.15) is 5.56 Å². The van der Waals surface area contributed by atoms with Crippen LogP contribution in [0, 0.1) is 17.4 Å². The lowest BCUT2D eigenvalue weighted by atomic mass is 10.0. The fourth-order valence-electron chi connectivity index (χ4n) is 2.02. The lowest BCUT2D eigenvalue weighted by Gasteiger charge is -2.05. The van der Waals surface area contributed by atoms with E-state index < -0.39 is 0 Å². The summed E-state index contributed by atoms with van der Waals surface area (Å²) >= 11 is 0. The predicted octanol–water partition coefficient (Wildman–Crippen LogP) is 3.57. The Kier molecular flexibility index (Phi) is 2.51. The maximum absolute atomic E-state index is 8.94. The van der Waals surface area contributed by atoms with Gasteiger partial charge in [-0.15, -0.1) is 0 Å². The molecule has 3 aromatic rings. The van der Waals surface area contributed by atoms with Crippen LogP contribution in [-0.2, 0) is 0 Å². The van der Waals surface area contributed by atoms with Crippen molar-refractivity contribution in [1.82, 2.24) is 4.98 Å². The van der Waals surface area contributed by atoms with Gasteiger partial charge in [-0.1, -0.05) is 36.4 Å². The summed E-state index contributed by atoms with van der Waals surface area (Å²) in [7, 11) is 0. The Morgan fingerprint density at radius 1 is 1.11 bits per heavy atom. The zero-order valence-electron chi connectivity index (χ0n) is 9.59. The molecule has 2 heteroatoms. The molecule has 0 atom stereocenters. The molecule has 1 radical (unpaired) electrons. The first kappa shape index (κ1) is 10.5. The Hall–Kier alpha value is -2.66. The van der Waals surface area contributed by atoms with E-state index in [1.165, 1.54) is 0 Å². The summed E-state index contributed by atoms with van der Waals surface area (Å²) in [5.74, 6) is 0. The molecule has 0 saturated heterocycles. The van der Waals surface area contributed by atoms with Crippen molar-refractivity contribution in [2.75, 3.05) is 0 Å². The van der Waals surface area contributed by atoms with Gasteiger partial charge in [-0.05, 0) is 29.0 Å². The molecule has 0 fully saturated rings. The van der Waals surface area contributed by atoms with Crippen molar-refractivity contribution in [2.45, 2.75) is 0 Å². The van der Waals surface area contributed by atoms with Gasteiger partial charge in [0.05, 0.1) is 17.3 Å². The highest BCUT2D eigenvalue weighted by atomic mass is 14.7. The largest absolute Gasteiger partial charge is 0.256 e. The van der Waals surface area contributed by atoms with Gasteiger partial charge in [0, 0.05) is 11.8 Å². The summed E-state index contributed by atoms with van der Waals surface area (Å²) in [6.07, 6.45) is 1.67. The van der Waals surface area contributed by atoms with Gasteiger partial charge in [-0.25, -0.2) is 0 Å². The van der Waals surface area contributed by atoms with Gasteiger partial charge in [0.2, 0.25) is 0 Å². The lowest BCUT2D eigenvalue weighted by molar-refractivity contribution is 1.31. The molecule has 0 saturated carbocycles. The number of rotatable bonds is 1. The second-order valence-electron chi connectivity index (χ2n) is 3.98. The van der Waals surface area contributed by atoms with Gasteiger partial charge in [0.25, 0.3) is 0 Å². The molecule has 0 aliphatic heterocycles. The van der Waals surface area contributed by atoms with E-state index in [1.54, 1.807) is 12.3 Å². The number of aromatic nitrogens is 1. The molecule has 3 rings (SSSR count). The van der Waals surface area contributed by atoms with Crippen LogP contribution in [0.4, 0.5) is 0 Å². The van der Waals surface area contributed by atoms with E-state index >= 15 is 0 Å². The molecule has 0 amide bonds. The molecule has 0 aliphatic carbocycles. The first-order valence-electron chi connectivity index (χ1n) is 5.64. The molecule has 83 valence electrons. The average molecular weight is 229 g/mol. The van der Waals surface area contributed by atoms with Crippen molar-refractivity contribution in [3.8, 4) is 17.3 Å². The topological polar surface area (TPSA) is 36.7 Å². The quantitative estimate of drug-likeness (QED) is 0.639. The number of nitriles is 1. The summed E-state index contributed by atoms with van der Waals surface area (Å²) in [6, 6.07) is 20.8. The molecular weight excluding hydrogens is 220 g/mol. The molecule has 0 bridgehead atoms. The molecule has 2 nitrogen and oxygen atoms in total. The fourth-order valence-corrected chi connectivity index (χ4v) is 2.02. The first-order chi connectivity index (χ1) is 8.88. The van der Waals surface area contributed by atoms with Crippen molar-refractivity contribution in [1.29, 1.82) is 5.26 Å². The maximum Gasteiger partial charge on any atom is 0.0992 e. The minimum absolute atomic E-state index is 0.622. The molecule has 18 heavy (non-hydrogen) atoms. The van der Waals surface area contributed by atoms with Gasteiger partial charge in [0.15, 0.2) is 0 Å². The highest BCUT2D eigenvalue weighted by molar-refractivity contribution is 5.95. The van der Waals surface area contributed by atoms with Crippen LogP contribution in [0.25, 0.3) is 22.0 Å². The number of hydrogen-bond acceptors (Lipinski definition) is 2. The second kappa shape index (κ2) is 4.31. The number of benzene rings is 2. The van der Waals surface area contributed by atoms with Crippen LogP contribution >= 0.6 is 0 Å². The van der Waals surface area contributed by atoms with Gasteiger partial charge < -0.3 is 0 Å². The van der Waals surface area contributed by atoms with Gasteiger partial charge in [0.1, 0.15) is 0 Å². The predicted molar refractivity (Wildman–Crippen MR) is 70.7 cm³/mol. The van der Waals surface area contributed by atoms with E-state index in [4.69, 9.17) is 5.26 Å². The Labute approximate surface area is 105 Å². The van der Waals surface area contributed by atoms with E-state index in [0.717, 1.165) is 22.0 Å². The summed E-state index contributed by atoms with van der Waals surface area (Å²) in [5, 5.41) is 11.1. The SMILES string of the molecule is N#Cc1ccnc(-c2cc[c]c3ccccc23)c1. The zero-order chi connectivity index (χ0) is 12.4. The Balaban J connectivity index is 2.28. The average Bonchev–Trinajstić information content (AvgIpc) is 2.47. The monoisotopic (exact) mass is 229 g/mol. The number of nitrogens with zero attached hydrogens (tertiary/aromatic N) is 2. The standard InChI is InChI=1S/C16H9N2/c17-11-12-8-9-18-16(10-12)15-7-3-5-13-4-1-2-6-14(13)15/h1-4,6-10H. The van der Waals surface area contributed by atoms with Crippen LogP contribution < -0.4 is 0 Å². The third-order valence-corrected chi connectivity index (χ3v) is 2.87. The summed E-state index contributed by atoms with van der Waals surface area (Å²) in [6.45, 7) is 0. The normalized spacial score (nSPS) is 10.2. The highest BCUT2D eigenvalue weighted by Gasteiger charge is 2.05. The van der Waals surface area contributed by atoms with E-state index in [0.29, 0.717) is 5.56 Å². The van der Waals surface area contributed by atoms with Gasteiger partial charge in [-0.2, -0.15) is 5.26 Å². The second-order valence-corrected chi connectivity index (χ2v) is 3.98. The Morgan fingerprint density at radius 3 is 2.89 bits per heavy atom. The van der Waals surface area contributed by atoms with Crippen LogP contribution in [0.2, 0.25) is 0 Å². The molecule has 0 aliphatic rings. The minimum atomic E-state index is 0.622. The molecular formula is C16H9N2. The highest BCUT2D eigenvalue weighted by Crippen LogP contribution is 2.26. The minimum Gasteiger partial charge on any atom is -0.256 e. The van der Waals surface area contributed by atoms with E-state index in [9.17, 15) is 0 Å². The van der Waals surface area contributed by atoms with Crippen LogP contribution in [-0.4, -0.2) is 4.98 Å². The van der Waals surface area contributed by atoms with Crippen LogP contribution in [0.15, 0.2) is 54.7 Å². The van der Waals surface area contributed by atoms with Crippen molar-refractivity contribution < 1.29 is 0 Å². The Bertz CT molecular complexity index is 749. The van der Waals surface area contributed by atoms with E-state index in [-0.39, 0.29) is 0 Å². The Morgan fingerprint density at radius 2 is 2.00 bits per heavy atom. The smallest absolute Gasteiger partial charge is 0.0992 e. The van der Waals surface area contributed by atoms with Crippen molar-refractivity contribution in [3.05, 3.63) is 66.4 Å². The van der Waals surface area contributed by atoms with Crippen molar-refractivity contribution >= 4 is 10.8 Å². The van der Waals surface area contributed by atoms with Crippen molar-refractivity contribution in [3.63, 3.8) is 0 Å². The summed E-state index contributed by atoms with van der Waals surface area (Å²) < 4.78 is 0. The summed E-state index contributed by atoms with van der Waals surface area (Å²) in [5.41, 5.74) is 2.47. The molecule has 1 aromatic heterocycles. The van der Waals surface area contributed by atoms with Gasteiger partial charge in [-0.3, -0.25) is 4.98 Å². The lowest BCUT2D eigenvalue weighted by Crippen LogP contribution is -1.86. The maximum atomic E-state index is 8.94. The third kappa shape index (κ3) is 1.72. The zero-order valence-corrected chi connectivity index (χ0v) is 9.59. The van der Waals surface area contributed by atoms with E-state index in [1.807, 2.05) is 42.5 Å². The number of hydrogen-bond donors (Lipinski definition) is 0. The first-order valence-corrected chi connectivity index (χ1v) is 5.64. The van der Waals surface area contributed by atoms with E-state index in [2.05, 4.69) is 17.1 Å². The number of fused-ring (bicyclic) bond motifs is 1. The van der Waals surface area contributed by atoms with Gasteiger partial charge >= 0.3 is 0 Å². The molecule has 0 spiro atoms. The van der Waals surface area contributed by atoms with Crippen LogP contribution in [0.5, 0.6) is 0 Å². The third-order valence-electron chi connectivity index (χ3n) is 2.87. The molecule has 0 unspecified atom stereocenters. The molecule has 0 N–H and O–H groups in total.